The third-order valence-electron chi connectivity index (χ3n) is 2.70. The Hall–Kier alpha value is -2.87. The van der Waals surface area contributed by atoms with Crippen LogP contribution in [0.2, 0.25) is 5.02 Å². The van der Waals surface area contributed by atoms with Crippen LogP contribution < -0.4 is 10.1 Å². The molecular weight excluding hydrogens is 360 g/mol. The van der Waals surface area contributed by atoms with E-state index in [1.165, 1.54) is 30.5 Å². The molecule has 0 saturated carbocycles. The van der Waals surface area contributed by atoms with Gasteiger partial charge in [-0.3, -0.25) is 4.79 Å². The molecule has 0 saturated heterocycles. The van der Waals surface area contributed by atoms with Crippen LogP contribution >= 0.6 is 11.6 Å². The SMILES string of the molecule is O=C(COC(=O)/C=C/c1ccco1)Nc1ccc(OC(F)F)c(Cl)c1. The molecule has 2 aromatic rings. The third kappa shape index (κ3) is 6.27. The van der Waals surface area contributed by atoms with Crippen LogP contribution in [0.5, 0.6) is 5.75 Å². The zero-order valence-electron chi connectivity index (χ0n) is 12.6. The summed E-state index contributed by atoms with van der Waals surface area (Å²) in [7, 11) is 0. The summed E-state index contributed by atoms with van der Waals surface area (Å²) in [5.41, 5.74) is 0.235. The average molecular weight is 372 g/mol. The van der Waals surface area contributed by atoms with Crippen molar-refractivity contribution in [1.82, 2.24) is 0 Å². The number of carbonyl (C=O) groups is 2. The van der Waals surface area contributed by atoms with Gasteiger partial charge in [-0.2, -0.15) is 8.78 Å². The average Bonchev–Trinajstić information content (AvgIpc) is 3.07. The van der Waals surface area contributed by atoms with Crippen LogP contribution in [-0.4, -0.2) is 25.1 Å². The Morgan fingerprint density at radius 3 is 2.76 bits per heavy atom. The lowest BCUT2D eigenvalue weighted by Crippen LogP contribution is -2.20. The Bertz CT molecular complexity index is 762. The Morgan fingerprint density at radius 2 is 2.12 bits per heavy atom. The van der Waals surface area contributed by atoms with Crippen molar-refractivity contribution in [1.29, 1.82) is 0 Å². The highest BCUT2D eigenvalue weighted by molar-refractivity contribution is 6.32. The van der Waals surface area contributed by atoms with E-state index in [0.29, 0.717) is 5.76 Å². The number of halogens is 3. The summed E-state index contributed by atoms with van der Waals surface area (Å²) in [5, 5.41) is 2.30. The Morgan fingerprint density at radius 1 is 1.32 bits per heavy atom. The molecule has 0 aliphatic heterocycles. The van der Waals surface area contributed by atoms with E-state index < -0.39 is 25.1 Å². The second kappa shape index (κ2) is 8.84. The number of rotatable bonds is 7. The topological polar surface area (TPSA) is 77.8 Å². The molecule has 2 rings (SSSR count). The highest BCUT2D eigenvalue weighted by atomic mass is 35.5. The van der Waals surface area contributed by atoms with Crippen LogP contribution in [0.25, 0.3) is 6.08 Å². The first-order valence-corrected chi connectivity index (χ1v) is 7.24. The van der Waals surface area contributed by atoms with Crippen LogP contribution in [-0.2, 0) is 14.3 Å². The first kappa shape index (κ1) is 18.5. The maximum atomic E-state index is 12.1. The summed E-state index contributed by atoms with van der Waals surface area (Å²) in [4.78, 5) is 23.2. The number of hydrogen-bond acceptors (Lipinski definition) is 5. The molecule has 0 radical (unpaired) electrons. The Labute approximate surface area is 146 Å². The minimum absolute atomic E-state index is 0.100. The van der Waals surface area contributed by atoms with E-state index in [9.17, 15) is 18.4 Å². The van der Waals surface area contributed by atoms with Crippen molar-refractivity contribution in [2.45, 2.75) is 6.61 Å². The Balaban J connectivity index is 1.81. The van der Waals surface area contributed by atoms with Gasteiger partial charge in [-0.15, -0.1) is 0 Å². The molecule has 6 nitrogen and oxygen atoms in total. The van der Waals surface area contributed by atoms with Crippen molar-refractivity contribution in [2.75, 3.05) is 11.9 Å². The fraction of sp³-hybridized carbons (Fsp3) is 0.125. The van der Waals surface area contributed by atoms with Gasteiger partial charge in [0, 0.05) is 11.8 Å². The number of nitrogens with one attached hydrogen (secondary N) is 1. The van der Waals surface area contributed by atoms with E-state index in [0.717, 1.165) is 6.08 Å². The smallest absolute Gasteiger partial charge is 0.387 e. The molecule has 25 heavy (non-hydrogen) atoms. The number of carbonyl (C=O) groups excluding carboxylic acids is 2. The largest absolute Gasteiger partial charge is 0.465 e. The molecule has 1 aromatic heterocycles. The molecule has 1 aromatic carbocycles. The standard InChI is InChI=1S/C16H12ClF2NO5/c17-12-8-10(3-5-13(12)25-16(18)19)20-14(21)9-24-15(22)6-4-11-2-1-7-23-11/h1-8,16H,9H2,(H,20,21)/b6-4+. The van der Waals surface area contributed by atoms with E-state index >= 15 is 0 Å². The van der Waals surface area contributed by atoms with E-state index in [1.54, 1.807) is 12.1 Å². The molecule has 1 amide bonds. The predicted octanol–water partition coefficient (Wildman–Crippen LogP) is 3.73. The lowest BCUT2D eigenvalue weighted by molar-refractivity contribution is -0.142. The maximum Gasteiger partial charge on any atom is 0.387 e. The molecule has 132 valence electrons. The van der Waals surface area contributed by atoms with Gasteiger partial charge in [0.15, 0.2) is 6.61 Å². The van der Waals surface area contributed by atoms with E-state index in [-0.39, 0.29) is 16.5 Å². The number of furan rings is 1. The molecule has 0 aliphatic rings. The lowest BCUT2D eigenvalue weighted by Gasteiger charge is -2.09. The number of ether oxygens (including phenoxy) is 2. The van der Waals surface area contributed by atoms with Crippen LogP contribution in [0.3, 0.4) is 0 Å². The molecule has 0 fully saturated rings. The molecule has 0 atom stereocenters. The first-order valence-electron chi connectivity index (χ1n) is 6.86. The molecule has 0 unspecified atom stereocenters. The normalized spacial score (nSPS) is 10.9. The summed E-state index contributed by atoms with van der Waals surface area (Å²) in [6.07, 6.45) is 3.95. The summed E-state index contributed by atoms with van der Waals surface area (Å²) in [6, 6.07) is 7.03. The van der Waals surface area contributed by atoms with Gasteiger partial charge in [0.2, 0.25) is 0 Å². The van der Waals surface area contributed by atoms with Crippen molar-refractivity contribution in [3.8, 4) is 5.75 Å². The molecule has 0 spiro atoms. The highest BCUT2D eigenvalue weighted by Gasteiger charge is 2.11. The molecule has 1 heterocycles. The van der Waals surface area contributed by atoms with Crippen molar-refractivity contribution in [2.24, 2.45) is 0 Å². The number of esters is 1. The zero-order chi connectivity index (χ0) is 18.2. The van der Waals surface area contributed by atoms with Gasteiger partial charge in [-0.25, -0.2) is 4.79 Å². The minimum Gasteiger partial charge on any atom is -0.465 e. The fourth-order valence-corrected chi connectivity index (χ4v) is 1.91. The van der Waals surface area contributed by atoms with Crippen molar-refractivity contribution in [3.63, 3.8) is 0 Å². The van der Waals surface area contributed by atoms with Crippen LogP contribution in [0.15, 0.2) is 47.1 Å². The van der Waals surface area contributed by atoms with E-state index in [4.69, 9.17) is 20.8 Å². The second-order valence-electron chi connectivity index (χ2n) is 4.53. The van der Waals surface area contributed by atoms with Gasteiger partial charge in [-0.1, -0.05) is 11.6 Å². The fourth-order valence-electron chi connectivity index (χ4n) is 1.69. The predicted molar refractivity (Wildman–Crippen MR) is 85.4 cm³/mol. The summed E-state index contributed by atoms with van der Waals surface area (Å²) in [5.74, 6) is -1.12. The van der Waals surface area contributed by atoms with Crippen molar-refractivity contribution in [3.05, 3.63) is 53.5 Å². The number of benzene rings is 1. The minimum atomic E-state index is -3.01. The third-order valence-corrected chi connectivity index (χ3v) is 3.00. The summed E-state index contributed by atoms with van der Waals surface area (Å²) < 4.78 is 38.2. The molecule has 9 heteroatoms. The van der Waals surface area contributed by atoms with Crippen LogP contribution in [0, 0.1) is 0 Å². The quantitative estimate of drug-likeness (QED) is 0.592. The molecule has 0 aliphatic carbocycles. The zero-order valence-corrected chi connectivity index (χ0v) is 13.3. The van der Waals surface area contributed by atoms with E-state index in [2.05, 4.69) is 10.1 Å². The van der Waals surface area contributed by atoms with Crippen LogP contribution in [0.4, 0.5) is 14.5 Å². The number of anilines is 1. The molecule has 1 N–H and O–H groups in total. The van der Waals surface area contributed by atoms with Gasteiger partial charge in [0.1, 0.15) is 11.5 Å². The van der Waals surface area contributed by atoms with Gasteiger partial charge < -0.3 is 19.2 Å². The molecule has 0 bridgehead atoms. The number of alkyl halides is 2. The monoisotopic (exact) mass is 371 g/mol. The van der Waals surface area contributed by atoms with Gasteiger partial charge in [0.05, 0.1) is 11.3 Å². The maximum absolute atomic E-state index is 12.1. The van der Waals surface area contributed by atoms with Crippen molar-refractivity contribution < 1.29 is 32.3 Å². The summed E-state index contributed by atoms with van der Waals surface area (Å²) >= 11 is 5.76. The lowest BCUT2D eigenvalue weighted by atomic mass is 10.3. The highest BCUT2D eigenvalue weighted by Crippen LogP contribution is 2.28. The van der Waals surface area contributed by atoms with Crippen LogP contribution in [0.1, 0.15) is 5.76 Å². The van der Waals surface area contributed by atoms with E-state index in [1.807, 2.05) is 0 Å². The number of hydrogen-bond donors (Lipinski definition) is 1. The van der Waals surface area contributed by atoms with Gasteiger partial charge in [-0.05, 0) is 36.4 Å². The second-order valence-corrected chi connectivity index (χ2v) is 4.94. The first-order chi connectivity index (χ1) is 11.9. The van der Waals surface area contributed by atoms with Gasteiger partial charge >= 0.3 is 12.6 Å². The molecular formula is C16H12ClF2NO5. The van der Waals surface area contributed by atoms with Gasteiger partial charge in [0.25, 0.3) is 5.91 Å². The van der Waals surface area contributed by atoms with Crippen molar-refractivity contribution >= 4 is 35.2 Å². The number of amides is 1. The Kier molecular flexibility index (Phi) is 6.53. The summed E-state index contributed by atoms with van der Waals surface area (Å²) in [6.45, 7) is -3.54.